The normalized spacial score (nSPS) is 11.4. The second-order valence-corrected chi connectivity index (χ2v) is 6.41. The van der Waals surface area contributed by atoms with Crippen LogP contribution in [0.4, 0.5) is 0 Å². The molecule has 2 aromatic rings. The molecule has 0 bridgehead atoms. The van der Waals surface area contributed by atoms with E-state index in [4.69, 9.17) is 9.47 Å². The molecule has 2 heterocycles. The molecule has 0 saturated heterocycles. The predicted octanol–water partition coefficient (Wildman–Crippen LogP) is 6.10. The van der Waals surface area contributed by atoms with Gasteiger partial charge in [0.2, 0.25) is 0 Å². The molecule has 2 nitrogen and oxygen atoms in total. The third-order valence-electron chi connectivity index (χ3n) is 3.25. The van der Waals surface area contributed by atoms with E-state index in [1.54, 1.807) is 29.8 Å². The average molecular weight is 327 g/mol. The first-order valence-corrected chi connectivity index (χ1v) is 9.39. The molecule has 0 spiro atoms. The van der Waals surface area contributed by atoms with Crippen LogP contribution in [0, 0.1) is 5.92 Å². The summed E-state index contributed by atoms with van der Waals surface area (Å²) in [6.07, 6.45) is 5.14. The number of hydrogen-bond acceptors (Lipinski definition) is 4. The Morgan fingerprint density at radius 2 is 1.71 bits per heavy atom. The van der Waals surface area contributed by atoms with Crippen LogP contribution in [0.1, 0.15) is 39.5 Å². The lowest BCUT2D eigenvalue weighted by Crippen LogP contribution is -2.10. The lowest BCUT2D eigenvalue weighted by molar-refractivity contribution is 0.234. The molecule has 0 aliphatic rings. The third kappa shape index (κ3) is 8.12. The summed E-state index contributed by atoms with van der Waals surface area (Å²) in [7, 11) is 1.67. The van der Waals surface area contributed by atoms with Crippen molar-refractivity contribution in [2.45, 2.75) is 39.5 Å². The molecular weight excluding hydrogens is 300 g/mol. The van der Waals surface area contributed by atoms with E-state index in [0.29, 0.717) is 0 Å². The summed E-state index contributed by atoms with van der Waals surface area (Å²) in [6.45, 7) is 5.37. The fourth-order valence-electron chi connectivity index (χ4n) is 1.81. The molecule has 0 fully saturated rings. The Bertz CT molecular complexity index is 424. The van der Waals surface area contributed by atoms with Gasteiger partial charge in [0.25, 0.3) is 0 Å². The van der Waals surface area contributed by atoms with E-state index >= 15 is 0 Å². The molecule has 0 aromatic carbocycles. The molecular formula is C17H26O2S2. The van der Waals surface area contributed by atoms with Gasteiger partial charge in [-0.15, -0.1) is 22.7 Å². The maximum atomic E-state index is 5.71. The van der Waals surface area contributed by atoms with E-state index in [0.717, 1.165) is 24.0 Å². The largest absolute Gasteiger partial charge is 0.496 e. The van der Waals surface area contributed by atoms with E-state index in [9.17, 15) is 0 Å². The van der Waals surface area contributed by atoms with Gasteiger partial charge in [0.1, 0.15) is 11.5 Å². The van der Waals surface area contributed by atoms with Crippen LogP contribution in [-0.2, 0) is 0 Å². The van der Waals surface area contributed by atoms with Crippen molar-refractivity contribution in [3.63, 3.8) is 0 Å². The topological polar surface area (TPSA) is 18.5 Å². The summed E-state index contributed by atoms with van der Waals surface area (Å²) in [6, 6.07) is 3.97. The summed E-state index contributed by atoms with van der Waals surface area (Å²) < 4.78 is 10.6. The zero-order valence-electron chi connectivity index (χ0n) is 13.2. The molecule has 4 heteroatoms. The van der Waals surface area contributed by atoms with Crippen molar-refractivity contribution >= 4 is 22.7 Å². The molecule has 21 heavy (non-hydrogen) atoms. The van der Waals surface area contributed by atoms with Crippen molar-refractivity contribution in [3.05, 3.63) is 33.7 Å². The number of rotatable bonds is 8. The highest BCUT2D eigenvalue weighted by Crippen LogP contribution is 2.18. The first-order valence-electron chi connectivity index (χ1n) is 7.51. The second kappa shape index (κ2) is 11.6. The first-order chi connectivity index (χ1) is 10.3. The highest BCUT2D eigenvalue weighted by molar-refractivity contribution is 7.08. The zero-order valence-corrected chi connectivity index (χ0v) is 14.8. The molecule has 2 rings (SSSR count). The maximum absolute atomic E-state index is 5.71. The van der Waals surface area contributed by atoms with Crippen molar-refractivity contribution < 1.29 is 9.47 Å². The minimum absolute atomic E-state index is 0.731. The summed E-state index contributed by atoms with van der Waals surface area (Å²) in [5.41, 5.74) is 0. The van der Waals surface area contributed by atoms with Crippen molar-refractivity contribution in [2.75, 3.05) is 13.7 Å². The van der Waals surface area contributed by atoms with Crippen molar-refractivity contribution in [3.8, 4) is 11.5 Å². The average Bonchev–Trinajstić information content (AvgIpc) is 3.21. The van der Waals surface area contributed by atoms with Gasteiger partial charge in [-0.1, -0.05) is 33.1 Å². The molecule has 1 atom stereocenters. The van der Waals surface area contributed by atoms with Gasteiger partial charge in [0.05, 0.1) is 13.7 Å². The highest BCUT2D eigenvalue weighted by atomic mass is 32.1. The summed E-state index contributed by atoms with van der Waals surface area (Å²) >= 11 is 3.33. The van der Waals surface area contributed by atoms with Gasteiger partial charge in [-0.2, -0.15) is 0 Å². The Hall–Kier alpha value is -1.00. The minimum atomic E-state index is 0.731. The molecule has 0 saturated carbocycles. The summed E-state index contributed by atoms with van der Waals surface area (Å²) in [5, 5.41) is 8.06. The number of methoxy groups -OCH3 is 1. The van der Waals surface area contributed by atoms with Gasteiger partial charge in [0.15, 0.2) is 0 Å². The van der Waals surface area contributed by atoms with E-state index in [1.807, 2.05) is 22.9 Å². The van der Waals surface area contributed by atoms with E-state index < -0.39 is 0 Å². The van der Waals surface area contributed by atoms with Gasteiger partial charge in [-0.25, -0.2) is 0 Å². The number of hydrogen-bond donors (Lipinski definition) is 0. The molecule has 118 valence electrons. The maximum Gasteiger partial charge on any atom is 0.129 e. The van der Waals surface area contributed by atoms with Crippen LogP contribution in [-0.4, -0.2) is 13.7 Å². The van der Waals surface area contributed by atoms with Crippen molar-refractivity contribution in [1.82, 2.24) is 0 Å². The molecule has 2 aromatic heterocycles. The molecule has 0 N–H and O–H groups in total. The Morgan fingerprint density at radius 3 is 2.14 bits per heavy atom. The van der Waals surface area contributed by atoms with Gasteiger partial charge < -0.3 is 9.47 Å². The quantitative estimate of drug-likeness (QED) is 0.583. The number of unbranched alkanes of at least 4 members (excludes halogenated alkanes) is 1. The monoisotopic (exact) mass is 326 g/mol. The molecule has 1 unspecified atom stereocenters. The van der Waals surface area contributed by atoms with Gasteiger partial charge in [-0.3, -0.25) is 0 Å². The van der Waals surface area contributed by atoms with Crippen LogP contribution in [0.25, 0.3) is 0 Å². The zero-order chi connectivity index (χ0) is 15.3. The van der Waals surface area contributed by atoms with Crippen LogP contribution >= 0.6 is 22.7 Å². The van der Waals surface area contributed by atoms with Gasteiger partial charge >= 0.3 is 0 Å². The van der Waals surface area contributed by atoms with Crippen molar-refractivity contribution in [1.29, 1.82) is 0 Å². The van der Waals surface area contributed by atoms with Crippen molar-refractivity contribution in [2.24, 2.45) is 5.92 Å². The second-order valence-electron chi connectivity index (χ2n) is 4.85. The van der Waals surface area contributed by atoms with Crippen LogP contribution in [0.2, 0.25) is 0 Å². The SMILES string of the molecule is CCCCC(CC)COc1ccsc1.COc1ccsc1. The summed E-state index contributed by atoms with van der Waals surface area (Å²) in [4.78, 5) is 0. The highest BCUT2D eigenvalue weighted by Gasteiger charge is 2.06. The molecule has 0 aliphatic heterocycles. The third-order valence-corrected chi connectivity index (χ3v) is 4.58. The van der Waals surface area contributed by atoms with Crippen LogP contribution in [0.3, 0.4) is 0 Å². The van der Waals surface area contributed by atoms with Crippen LogP contribution < -0.4 is 9.47 Å². The summed E-state index contributed by atoms with van der Waals surface area (Å²) in [5.74, 6) is 2.71. The van der Waals surface area contributed by atoms with E-state index in [2.05, 4.69) is 24.6 Å². The lowest BCUT2D eigenvalue weighted by atomic mass is 10.0. The Balaban J connectivity index is 0.000000262. The smallest absolute Gasteiger partial charge is 0.129 e. The van der Waals surface area contributed by atoms with Gasteiger partial charge in [-0.05, 0) is 35.2 Å². The lowest BCUT2D eigenvalue weighted by Gasteiger charge is -2.14. The van der Waals surface area contributed by atoms with E-state index in [1.165, 1.54) is 25.7 Å². The first kappa shape index (κ1) is 18.1. The van der Waals surface area contributed by atoms with Crippen LogP contribution in [0.15, 0.2) is 33.7 Å². The Labute approximate surface area is 136 Å². The standard InChI is InChI=1S/C12H20OS.C5H6OS/c1-3-5-6-11(4-2)9-13-12-7-8-14-10-12;1-6-5-2-3-7-4-5/h7-8,10-11H,3-6,9H2,1-2H3;2-4H,1H3. The molecule has 0 aliphatic carbocycles. The number of thiophene rings is 2. The van der Waals surface area contributed by atoms with Gasteiger partial charge in [0, 0.05) is 10.8 Å². The van der Waals surface area contributed by atoms with Crippen LogP contribution in [0.5, 0.6) is 11.5 Å². The Kier molecular flexibility index (Phi) is 10.0. The minimum Gasteiger partial charge on any atom is -0.496 e. The predicted molar refractivity (Wildman–Crippen MR) is 94.0 cm³/mol. The number of ether oxygens (including phenoxy) is 2. The molecule has 0 radical (unpaired) electrons. The fourth-order valence-corrected chi connectivity index (χ4v) is 2.99. The fraction of sp³-hybridized carbons (Fsp3) is 0.529. The van der Waals surface area contributed by atoms with E-state index in [-0.39, 0.29) is 0 Å². The Morgan fingerprint density at radius 1 is 1.05 bits per heavy atom. The molecule has 0 amide bonds.